The van der Waals surface area contributed by atoms with Gasteiger partial charge in [0.25, 0.3) is 0 Å². The van der Waals surface area contributed by atoms with E-state index < -0.39 is 0 Å². The van der Waals surface area contributed by atoms with Crippen molar-refractivity contribution in [3.05, 3.63) is 47.6 Å². The molecule has 0 bridgehead atoms. The Morgan fingerprint density at radius 2 is 1.43 bits per heavy atom. The van der Waals surface area contributed by atoms with Crippen LogP contribution in [0.15, 0.2) is 47.6 Å². The lowest BCUT2D eigenvalue weighted by atomic mass is 9.71. The number of methoxy groups -OCH3 is 1. The summed E-state index contributed by atoms with van der Waals surface area (Å²) < 4.78 is 5.49. The molecule has 0 aromatic carbocycles. The maximum absolute atomic E-state index is 11.7. The summed E-state index contributed by atoms with van der Waals surface area (Å²) >= 11 is 0. The fourth-order valence-corrected chi connectivity index (χ4v) is 6.72. The number of rotatable bonds is 23. The van der Waals surface area contributed by atoms with Crippen molar-refractivity contribution in [2.75, 3.05) is 7.11 Å². The molecule has 1 rings (SSSR count). The summed E-state index contributed by atoms with van der Waals surface area (Å²) in [6.45, 7) is 20.2. The number of allylic oxidation sites excluding steroid dienone is 6. The molecule has 44 heavy (non-hydrogen) atoms. The first kappa shape index (κ1) is 40.6. The van der Waals surface area contributed by atoms with Crippen LogP contribution in [-0.2, 0) is 9.53 Å². The zero-order chi connectivity index (χ0) is 33.2. The molecule has 0 aromatic rings. The highest BCUT2D eigenvalue weighted by atomic mass is 16.5. The topological polar surface area (TPSA) is 46.5 Å². The van der Waals surface area contributed by atoms with Crippen LogP contribution >= 0.6 is 0 Å². The van der Waals surface area contributed by atoms with Crippen molar-refractivity contribution in [1.29, 1.82) is 0 Å². The molecule has 0 heterocycles. The lowest BCUT2D eigenvalue weighted by molar-refractivity contribution is -0.111. The summed E-state index contributed by atoms with van der Waals surface area (Å²) in [7, 11) is 1.77. The molecular weight excluding hydrogens is 540 g/mol. The summed E-state index contributed by atoms with van der Waals surface area (Å²) in [4.78, 5) is 11.7. The number of aliphatic hydroxyl groups excluding tert-OH is 1. The van der Waals surface area contributed by atoms with Gasteiger partial charge in [-0.05, 0) is 107 Å². The van der Waals surface area contributed by atoms with Gasteiger partial charge in [0.2, 0.25) is 0 Å². The Labute approximate surface area is 274 Å². The second-order valence-corrected chi connectivity index (χ2v) is 15.8. The Morgan fingerprint density at radius 3 is 2.05 bits per heavy atom. The van der Waals surface area contributed by atoms with Gasteiger partial charge >= 0.3 is 0 Å². The van der Waals surface area contributed by atoms with Crippen LogP contribution < -0.4 is 0 Å². The maximum atomic E-state index is 11.7. The van der Waals surface area contributed by atoms with Crippen molar-refractivity contribution in [2.24, 2.45) is 35.0 Å². The molecule has 3 nitrogen and oxygen atoms in total. The fourth-order valence-electron chi connectivity index (χ4n) is 6.72. The molecule has 0 radical (unpaired) electrons. The Hall–Kier alpha value is -1.45. The van der Waals surface area contributed by atoms with Gasteiger partial charge in [-0.1, -0.05) is 122 Å². The third kappa shape index (κ3) is 17.9. The van der Waals surface area contributed by atoms with Crippen LogP contribution in [0.4, 0.5) is 0 Å². The highest BCUT2D eigenvalue weighted by Gasteiger charge is 2.31. The Morgan fingerprint density at radius 1 is 0.864 bits per heavy atom. The molecular formula is C41H72O3. The van der Waals surface area contributed by atoms with E-state index in [9.17, 15) is 9.90 Å². The van der Waals surface area contributed by atoms with Crippen molar-refractivity contribution < 1.29 is 14.6 Å². The fraction of sp³-hybridized carbons (Fsp3) is 0.780. The monoisotopic (exact) mass is 613 g/mol. The van der Waals surface area contributed by atoms with E-state index in [1.807, 2.05) is 0 Å². The van der Waals surface area contributed by atoms with Crippen molar-refractivity contribution in [3.8, 4) is 0 Å². The van der Waals surface area contributed by atoms with Crippen LogP contribution in [0.3, 0.4) is 0 Å². The molecule has 0 aromatic heterocycles. The second-order valence-electron chi connectivity index (χ2n) is 15.8. The largest absolute Gasteiger partial charge is 0.393 e. The van der Waals surface area contributed by atoms with E-state index in [2.05, 4.69) is 98.8 Å². The summed E-state index contributed by atoms with van der Waals surface area (Å²) in [5.41, 5.74) is 2.71. The van der Waals surface area contributed by atoms with Crippen molar-refractivity contribution in [1.82, 2.24) is 0 Å². The van der Waals surface area contributed by atoms with Crippen LogP contribution in [0.1, 0.15) is 152 Å². The Bertz CT molecular complexity index is 905. The minimum absolute atomic E-state index is 0.0526. The third-order valence-electron chi connectivity index (χ3n) is 9.97. The Kier molecular flexibility index (Phi) is 19.7. The number of hydrogen-bond acceptors (Lipinski definition) is 3. The van der Waals surface area contributed by atoms with Crippen molar-refractivity contribution in [2.45, 2.75) is 164 Å². The molecule has 6 atom stereocenters. The van der Waals surface area contributed by atoms with Crippen LogP contribution in [0.25, 0.3) is 0 Å². The van der Waals surface area contributed by atoms with Gasteiger partial charge in [-0.3, -0.25) is 0 Å². The lowest BCUT2D eigenvalue weighted by Crippen LogP contribution is -2.28. The van der Waals surface area contributed by atoms with Crippen LogP contribution in [0.5, 0.6) is 0 Å². The second kappa shape index (κ2) is 21.4. The van der Waals surface area contributed by atoms with Gasteiger partial charge in [-0.25, -0.2) is 0 Å². The van der Waals surface area contributed by atoms with Gasteiger partial charge < -0.3 is 14.6 Å². The van der Waals surface area contributed by atoms with Crippen LogP contribution in [0.2, 0.25) is 0 Å². The molecule has 0 saturated carbocycles. The van der Waals surface area contributed by atoms with E-state index in [0.29, 0.717) is 17.8 Å². The minimum Gasteiger partial charge on any atom is -0.393 e. The van der Waals surface area contributed by atoms with E-state index in [-0.39, 0.29) is 23.0 Å². The highest BCUT2D eigenvalue weighted by molar-refractivity contribution is 5.53. The lowest BCUT2D eigenvalue weighted by Gasteiger charge is -2.35. The Balaban J connectivity index is 2.19. The van der Waals surface area contributed by atoms with E-state index in [1.165, 1.54) is 56.0 Å². The van der Waals surface area contributed by atoms with Gasteiger partial charge in [0, 0.05) is 13.0 Å². The van der Waals surface area contributed by atoms with Gasteiger partial charge in [-0.2, -0.15) is 0 Å². The minimum atomic E-state index is -0.198. The average molecular weight is 613 g/mol. The number of aldehydes is 1. The van der Waals surface area contributed by atoms with E-state index in [4.69, 9.17) is 4.74 Å². The average Bonchev–Trinajstić information content (AvgIpc) is 2.93. The zero-order valence-electron chi connectivity index (χ0n) is 30.7. The van der Waals surface area contributed by atoms with E-state index in [1.54, 1.807) is 7.11 Å². The smallest absolute Gasteiger partial charge is 0.123 e. The molecule has 1 N–H and O–H groups in total. The van der Waals surface area contributed by atoms with Crippen molar-refractivity contribution >= 4 is 6.29 Å². The molecule has 0 fully saturated rings. The SMILES string of the molecule is COC(C)(C)C/C=C/C(C)CCCC(C=O)CCCC(C)CCCCC(C)/C=C/CC(C)/C=C/C1=C(C)C[C@@H](O)CC1(C)C. The normalized spacial score (nSPS) is 21.3. The number of carbonyl (C=O) groups excluding carboxylic acids is 1. The zero-order valence-corrected chi connectivity index (χ0v) is 30.7. The number of carbonyl (C=O) groups is 1. The van der Waals surface area contributed by atoms with E-state index >= 15 is 0 Å². The molecule has 0 saturated heterocycles. The van der Waals surface area contributed by atoms with E-state index in [0.717, 1.165) is 57.3 Å². The molecule has 1 aliphatic carbocycles. The third-order valence-corrected chi connectivity index (χ3v) is 9.97. The predicted molar refractivity (Wildman–Crippen MR) is 192 cm³/mol. The molecule has 0 aliphatic heterocycles. The number of ether oxygens (including phenoxy) is 1. The van der Waals surface area contributed by atoms with Crippen LogP contribution in [0, 0.1) is 35.0 Å². The summed E-state index contributed by atoms with van der Waals surface area (Å²) in [5.74, 6) is 2.68. The summed E-state index contributed by atoms with van der Waals surface area (Å²) in [5, 5.41) is 10.1. The van der Waals surface area contributed by atoms with Gasteiger partial charge in [-0.15, -0.1) is 0 Å². The number of aliphatic hydroxyl groups is 1. The maximum Gasteiger partial charge on any atom is 0.123 e. The van der Waals surface area contributed by atoms with Crippen molar-refractivity contribution in [3.63, 3.8) is 0 Å². The first-order valence-electron chi connectivity index (χ1n) is 18.1. The van der Waals surface area contributed by atoms with Gasteiger partial charge in [0.1, 0.15) is 6.29 Å². The molecule has 0 amide bonds. The first-order valence-corrected chi connectivity index (χ1v) is 18.1. The molecule has 254 valence electrons. The standard InChI is InChI=1S/C41H72O3/c1-32(19-13-20-35(4)26-27-39-36(5)29-38(43)30-40(39,6)7)17-11-12-18-33(2)21-14-24-37(31-42)25-15-22-34(3)23-16-28-41(8,9)44-10/h13,16,19,23,26-27,31-35,37-38,43H,11-12,14-15,17-18,20-22,24-25,28-30H2,1-10H3/b19-13+,23-16+,27-26+/t32?,33?,34?,35?,37?,38-/m1/s1. The quantitative estimate of drug-likeness (QED) is 0.0709. The summed E-state index contributed by atoms with van der Waals surface area (Å²) in [6.07, 6.45) is 30.7. The predicted octanol–water partition coefficient (Wildman–Crippen LogP) is 11.6. The molecule has 1 aliphatic rings. The van der Waals surface area contributed by atoms with Gasteiger partial charge in [0.05, 0.1) is 11.7 Å². The first-order chi connectivity index (χ1) is 20.7. The summed E-state index contributed by atoms with van der Waals surface area (Å²) in [6, 6.07) is 0. The molecule has 5 unspecified atom stereocenters. The molecule has 3 heteroatoms. The number of hydrogen-bond donors (Lipinski definition) is 1. The van der Waals surface area contributed by atoms with Crippen LogP contribution in [-0.4, -0.2) is 30.2 Å². The number of unbranched alkanes of at least 4 members (excludes halogenated alkanes) is 1. The molecule has 0 spiro atoms. The highest BCUT2D eigenvalue weighted by Crippen LogP contribution is 2.41. The van der Waals surface area contributed by atoms with Gasteiger partial charge in [0.15, 0.2) is 0 Å².